The topological polar surface area (TPSA) is 198 Å². The Morgan fingerprint density at radius 3 is 1.03 bits per heavy atom. The fourth-order valence-corrected chi connectivity index (χ4v) is 8.21. The Hall–Kier alpha value is -7.36. The molecule has 0 radical (unpaired) electrons. The Kier molecular flexibility index (Phi) is 19.2. The average Bonchev–Trinajstić information content (AvgIpc) is 3.97. The Morgan fingerprint density at radius 1 is 0.421 bits per heavy atom. The molecule has 4 aromatic carbocycles. The second kappa shape index (κ2) is 24.5. The summed E-state index contributed by atoms with van der Waals surface area (Å²) in [5.74, 6) is -3.83. The third-order valence-corrected chi connectivity index (χ3v) is 11.8. The fraction of sp³-hybridized carbons (Fsp3) is 0.467. The van der Waals surface area contributed by atoms with Gasteiger partial charge in [-0.2, -0.15) is 0 Å². The number of ether oxygens (including phenoxy) is 6. The summed E-state index contributed by atoms with van der Waals surface area (Å²) >= 11 is 0. The first-order chi connectivity index (χ1) is 35.3. The summed E-state index contributed by atoms with van der Waals surface area (Å²) in [4.78, 5) is 106. The number of rotatable bonds is 12. The highest BCUT2D eigenvalue weighted by molar-refractivity contribution is 6.09. The molecule has 2 saturated heterocycles. The van der Waals surface area contributed by atoms with Crippen molar-refractivity contribution in [1.29, 1.82) is 0 Å². The number of nitrogens with zero attached hydrogens (tertiary/aromatic N) is 2. The van der Waals surface area contributed by atoms with E-state index in [1.54, 1.807) is 194 Å². The predicted octanol–water partition coefficient (Wildman–Crippen LogP) is 10.6. The van der Waals surface area contributed by atoms with E-state index in [2.05, 4.69) is 0 Å². The normalized spacial score (nSPS) is 18.4. The minimum absolute atomic E-state index is 0.00379. The fourth-order valence-electron chi connectivity index (χ4n) is 8.21. The molecule has 6 rings (SSSR count). The molecule has 16 heteroatoms. The maximum atomic E-state index is 13.1. The van der Waals surface area contributed by atoms with Crippen LogP contribution in [0.2, 0.25) is 0 Å². The van der Waals surface area contributed by atoms with Crippen molar-refractivity contribution in [3.05, 3.63) is 143 Å². The Morgan fingerprint density at radius 2 is 0.724 bits per heavy atom. The quantitative estimate of drug-likeness (QED) is 0.0737. The molecule has 16 nitrogen and oxygen atoms in total. The van der Waals surface area contributed by atoms with Gasteiger partial charge in [0.25, 0.3) is 0 Å². The van der Waals surface area contributed by atoms with E-state index >= 15 is 0 Å². The van der Waals surface area contributed by atoms with Crippen LogP contribution in [0.25, 0.3) is 0 Å². The number of esters is 4. The van der Waals surface area contributed by atoms with E-state index in [-0.39, 0.29) is 37.5 Å². The summed E-state index contributed by atoms with van der Waals surface area (Å²) in [6.45, 7) is 24.3. The van der Waals surface area contributed by atoms with E-state index in [1.165, 1.54) is 9.80 Å². The molecule has 2 fully saturated rings. The summed E-state index contributed by atoms with van der Waals surface area (Å²) in [5.41, 5.74) is 0.282. The lowest BCUT2D eigenvalue weighted by atomic mass is 9.96. The van der Waals surface area contributed by atoms with Gasteiger partial charge in [0.05, 0.1) is 24.9 Å². The lowest BCUT2D eigenvalue weighted by Gasteiger charge is -2.29. The molecule has 0 bridgehead atoms. The van der Waals surface area contributed by atoms with Gasteiger partial charge in [0.2, 0.25) is 0 Å². The van der Waals surface area contributed by atoms with Gasteiger partial charge >= 0.3 is 36.1 Å². The minimum atomic E-state index is -0.941. The molecule has 2 aliphatic heterocycles. The van der Waals surface area contributed by atoms with Gasteiger partial charge in [-0.05, 0) is 120 Å². The summed E-state index contributed by atoms with van der Waals surface area (Å²) in [6.07, 6.45) is -2.59. The molecule has 0 saturated carbocycles. The Bertz CT molecular complexity index is 2470. The van der Waals surface area contributed by atoms with Gasteiger partial charge in [0, 0.05) is 35.1 Å². The van der Waals surface area contributed by atoms with Crippen molar-refractivity contribution in [2.75, 3.05) is 13.1 Å². The van der Waals surface area contributed by atoms with Crippen molar-refractivity contribution >= 4 is 47.6 Å². The zero-order valence-corrected chi connectivity index (χ0v) is 46.3. The van der Waals surface area contributed by atoms with Crippen LogP contribution < -0.4 is 0 Å². The molecule has 0 N–H and O–H groups in total. The van der Waals surface area contributed by atoms with Crippen molar-refractivity contribution in [2.24, 2.45) is 0 Å². The summed E-state index contributed by atoms with van der Waals surface area (Å²) in [7, 11) is 0. The zero-order chi connectivity index (χ0) is 56.5. The number of ketones is 2. The lowest BCUT2D eigenvalue weighted by Crippen LogP contribution is -2.45. The van der Waals surface area contributed by atoms with E-state index in [1.807, 2.05) is 12.1 Å². The second-order valence-corrected chi connectivity index (χ2v) is 23.0. The van der Waals surface area contributed by atoms with Crippen LogP contribution in [0.4, 0.5) is 9.59 Å². The molecule has 2 amide bonds. The predicted molar refractivity (Wildman–Crippen MR) is 284 cm³/mol. The van der Waals surface area contributed by atoms with Crippen LogP contribution in [-0.2, 0) is 47.6 Å². The van der Waals surface area contributed by atoms with Gasteiger partial charge in [-0.15, -0.1) is 0 Å². The molecular weight excluding hydrogens is 973 g/mol. The first kappa shape index (κ1) is 59.5. The number of hydrogen-bond acceptors (Lipinski definition) is 14. The van der Waals surface area contributed by atoms with Gasteiger partial charge in [0.15, 0.2) is 11.6 Å². The highest BCUT2D eigenvalue weighted by atomic mass is 16.6. The SMILES string of the molecule is C[C@@H](C(=O)O[C@@H]1C[C@@H](C(=O)OC(C)(C)C)N(C(=O)OC(C)(C)C)C1)c1cccc(C(=O)c2ccccc2)c1.C[C@H](C(=O)O[C@@H]1C[C@@H](C(=O)OC(C)(C)C)N(C(=O)OC(C)(C)C)C1)c1cccc(C(=O)c2ccccc2)c1. The highest BCUT2D eigenvalue weighted by Crippen LogP contribution is 2.31. The number of hydrogen-bond donors (Lipinski definition) is 0. The first-order valence-corrected chi connectivity index (χ1v) is 25.5. The molecular formula is C60H74N2O14. The molecule has 4 aromatic rings. The monoisotopic (exact) mass is 1050 g/mol. The maximum absolute atomic E-state index is 13.1. The average molecular weight is 1050 g/mol. The molecule has 0 spiro atoms. The number of carbonyl (C=O) groups excluding carboxylic acids is 8. The van der Waals surface area contributed by atoms with Gasteiger partial charge < -0.3 is 28.4 Å². The number of carbonyl (C=O) groups is 8. The highest BCUT2D eigenvalue weighted by Gasteiger charge is 2.47. The molecule has 2 aliphatic rings. The number of likely N-dealkylation sites (tertiary alicyclic amines) is 2. The van der Waals surface area contributed by atoms with Crippen molar-refractivity contribution in [3.63, 3.8) is 0 Å². The van der Waals surface area contributed by atoms with E-state index in [0.29, 0.717) is 33.4 Å². The van der Waals surface area contributed by atoms with Crippen LogP contribution in [0.5, 0.6) is 0 Å². The summed E-state index contributed by atoms with van der Waals surface area (Å²) < 4.78 is 33.5. The van der Waals surface area contributed by atoms with Crippen LogP contribution in [0.15, 0.2) is 109 Å². The van der Waals surface area contributed by atoms with Crippen molar-refractivity contribution < 1.29 is 66.8 Å². The first-order valence-electron chi connectivity index (χ1n) is 25.5. The van der Waals surface area contributed by atoms with E-state index < -0.39 is 94.6 Å². The maximum Gasteiger partial charge on any atom is 0.411 e. The number of benzene rings is 4. The van der Waals surface area contributed by atoms with Crippen LogP contribution in [0, 0.1) is 0 Å². The van der Waals surface area contributed by atoms with E-state index in [4.69, 9.17) is 28.4 Å². The lowest BCUT2D eigenvalue weighted by molar-refractivity contribution is -0.161. The summed E-state index contributed by atoms with van der Waals surface area (Å²) in [6, 6.07) is 29.7. The minimum Gasteiger partial charge on any atom is -0.460 e. The molecule has 408 valence electrons. The third-order valence-electron chi connectivity index (χ3n) is 11.8. The third kappa shape index (κ3) is 17.4. The van der Waals surface area contributed by atoms with E-state index in [9.17, 15) is 38.4 Å². The summed E-state index contributed by atoms with van der Waals surface area (Å²) in [5, 5.41) is 0. The second-order valence-electron chi connectivity index (χ2n) is 23.0. The number of amides is 2. The Labute approximate surface area is 446 Å². The van der Waals surface area contributed by atoms with Crippen LogP contribution in [0.1, 0.15) is 165 Å². The van der Waals surface area contributed by atoms with Gasteiger partial charge in [-0.1, -0.05) is 97.1 Å². The van der Waals surface area contributed by atoms with Gasteiger partial charge in [-0.25, -0.2) is 19.2 Å². The largest absolute Gasteiger partial charge is 0.460 e. The molecule has 76 heavy (non-hydrogen) atoms. The van der Waals surface area contributed by atoms with Crippen molar-refractivity contribution in [2.45, 2.75) is 168 Å². The van der Waals surface area contributed by atoms with Crippen LogP contribution >= 0.6 is 0 Å². The van der Waals surface area contributed by atoms with Gasteiger partial charge in [-0.3, -0.25) is 29.0 Å². The van der Waals surface area contributed by atoms with Crippen LogP contribution in [0.3, 0.4) is 0 Å². The molecule has 0 aromatic heterocycles. The van der Waals surface area contributed by atoms with Crippen molar-refractivity contribution in [1.82, 2.24) is 9.80 Å². The smallest absolute Gasteiger partial charge is 0.411 e. The molecule has 0 unspecified atom stereocenters. The van der Waals surface area contributed by atoms with Crippen molar-refractivity contribution in [3.8, 4) is 0 Å². The van der Waals surface area contributed by atoms with E-state index in [0.717, 1.165) is 0 Å². The molecule has 2 heterocycles. The van der Waals surface area contributed by atoms with Gasteiger partial charge in [0.1, 0.15) is 46.7 Å². The van der Waals surface area contributed by atoms with Crippen LogP contribution in [-0.4, -0.2) is 117 Å². The zero-order valence-electron chi connectivity index (χ0n) is 46.3. The standard InChI is InChI=1S/2C30H37NO7/c2*1-19(21-14-11-15-22(16-21)25(32)20-12-9-8-10-13-20)26(33)36-23-17-24(27(34)37-29(2,3)4)31(18-23)28(35)38-30(5,6)7/h2*8-16,19,23-24H,17-18H2,1-7H3/t19-,23+,24-;19-,23-,24+/m01/s1. The molecule has 6 atom stereocenters. The molecule has 0 aliphatic carbocycles. The Balaban J connectivity index is 0.000000281.